The maximum absolute atomic E-state index is 12.9. The summed E-state index contributed by atoms with van der Waals surface area (Å²) in [6, 6.07) is 0. The van der Waals surface area contributed by atoms with Crippen molar-refractivity contribution < 1.29 is 17.6 Å². The van der Waals surface area contributed by atoms with E-state index in [4.69, 9.17) is 5.73 Å². The van der Waals surface area contributed by atoms with Crippen LogP contribution >= 0.6 is 0 Å². The Hall–Kier alpha value is -1.96. The van der Waals surface area contributed by atoms with Gasteiger partial charge in [0, 0.05) is 17.7 Å². The zero-order valence-corrected chi connectivity index (χ0v) is 10.9. The summed E-state index contributed by atoms with van der Waals surface area (Å²) in [5, 5.41) is 3.68. The third-order valence-electron chi connectivity index (χ3n) is 2.75. The van der Waals surface area contributed by atoms with Crippen molar-refractivity contribution in [2.75, 3.05) is 6.26 Å². The number of nitrogens with two attached hydrogens (primary N) is 1. The Bertz CT molecular complexity index is 688. The number of carbonyl (C=O) groups excluding carboxylic acids is 1. The van der Waals surface area contributed by atoms with Gasteiger partial charge in [0.2, 0.25) is 0 Å². The Labute approximate surface area is 109 Å². The van der Waals surface area contributed by atoms with E-state index in [2.05, 4.69) is 5.10 Å². The van der Waals surface area contributed by atoms with E-state index in [1.165, 1.54) is 18.3 Å². The van der Waals surface area contributed by atoms with E-state index in [9.17, 15) is 17.6 Å². The van der Waals surface area contributed by atoms with Crippen LogP contribution in [0.3, 0.4) is 0 Å². The molecular formula is C11H12FN3O3S. The van der Waals surface area contributed by atoms with E-state index in [1.807, 2.05) is 0 Å². The summed E-state index contributed by atoms with van der Waals surface area (Å²) in [5.74, 6) is -1.51. The molecule has 1 atom stereocenters. The van der Waals surface area contributed by atoms with Crippen molar-refractivity contribution in [3.05, 3.63) is 41.5 Å². The maximum Gasteiger partial charge on any atom is 0.269 e. The molecule has 2 rings (SSSR count). The Balaban J connectivity index is 2.48. The summed E-state index contributed by atoms with van der Waals surface area (Å²) >= 11 is 0. The number of primary amides is 1. The predicted molar refractivity (Wildman–Crippen MR) is 66.7 cm³/mol. The summed E-state index contributed by atoms with van der Waals surface area (Å²) < 4.78 is 36.4. The molecule has 1 heterocycles. The summed E-state index contributed by atoms with van der Waals surface area (Å²) in [6.07, 6.45) is 6.68. The Morgan fingerprint density at radius 2 is 2.26 bits per heavy atom. The van der Waals surface area contributed by atoms with Crippen molar-refractivity contribution in [3.8, 4) is 0 Å². The number of carbonyl (C=O) groups is 1. The van der Waals surface area contributed by atoms with Crippen LogP contribution in [0.5, 0.6) is 0 Å². The van der Waals surface area contributed by atoms with Crippen LogP contribution in [0.15, 0.2) is 30.3 Å². The highest BCUT2D eigenvalue weighted by molar-refractivity contribution is 7.89. The minimum absolute atomic E-state index is 0.115. The molecule has 102 valence electrons. The molecule has 0 saturated carbocycles. The summed E-state index contributed by atoms with van der Waals surface area (Å²) in [4.78, 5) is 11.3. The van der Waals surface area contributed by atoms with Gasteiger partial charge in [0.1, 0.15) is 5.83 Å². The fraction of sp³-hybridized carbons (Fsp3) is 0.273. The standard InChI is InChI=1S/C11H12FN3O3S/c1-19(17,18)15-6-9(10(14-15)11(13)16)7-2-4-8(12)5-3-7/h2,4-7H,3H2,1H3,(H2,13,16). The molecule has 0 radical (unpaired) electrons. The molecule has 19 heavy (non-hydrogen) atoms. The van der Waals surface area contributed by atoms with E-state index in [0.717, 1.165) is 6.26 Å². The summed E-state index contributed by atoms with van der Waals surface area (Å²) in [5.41, 5.74) is 5.44. The smallest absolute Gasteiger partial charge is 0.269 e. The van der Waals surface area contributed by atoms with E-state index in [1.54, 1.807) is 6.08 Å². The molecule has 1 aromatic rings. The van der Waals surface area contributed by atoms with E-state index in [0.29, 0.717) is 16.1 Å². The van der Waals surface area contributed by atoms with Crippen LogP contribution in [-0.4, -0.2) is 29.8 Å². The lowest BCUT2D eigenvalue weighted by molar-refractivity contribution is 0.0994. The second kappa shape index (κ2) is 4.61. The van der Waals surface area contributed by atoms with Crippen LogP contribution < -0.4 is 5.73 Å². The predicted octanol–water partition coefficient (Wildman–Crippen LogP) is 0.687. The van der Waals surface area contributed by atoms with Gasteiger partial charge in [0.05, 0.1) is 6.26 Å². The third-order valence-corrected chi connectivity index (χ3v) is 3.62. The number of amides is 1. The maximum atomic E-state index is 12.9. The zero-order chi connectivity index (χ0) is 14.2. The Morgan fingerprint density at radius 1 is 1.58 bits per heavy atom. The lowest BCUT2D eigenvalue weighted by Crippen LogP contribution is -2.16. The van der Waals surface area contributed by atoms with Crippen molar-refractivity contribution in [1.29, 1.82) is 0 Å². The molecule has 0 aromatic carbocycles. The number of allylic oxidation sites excluding steroid dienone is 4. The van der Waals surface area contributed by atoms with E-state index in [-0.39, 0.29) is 17.4 Å². The minimum Gasteiger partial charge on any atom is -0.364 e. The SMILES string of the molecule is CS(=O)(=O)n1cc(C2C=CC(F)=CC2)c(C(N)=O)n1. The van der Waals surface area contributed by atoms with Gasteiger partial charge in [0.25, 0.3) is 15.9 Å². The van der Waals surface area contributed by atoms with Crippen LogP contribution in [0.25, 0.3) is 0 Å². The molecule has 0 fully saturated rings. The highest BCUT2D eigenvalue weighted by Gasteiger charge is 2.23. The fourth-order valence-electron chi connectivity index (χ4n) is 1.82. The van der Waals surface area contributed by atoms with E-state index < -0.39 is 15.9 Å². The first-order chi connectivity index (χ1) is 8.79. The second-order valence-electron chi connectivity index (χ2n) is 4.22. The Kier molecular flexibility index (Phi) is 3.27. The largest absolute Gasteiger partial charge is 0.364 e. The first-order valence-corrected chi connectivity index (χ1v) is 7.27. The highest BCUT2D eigenvalue weighted by atomic mass is 32.2. The second-order valence-corrected chi connectivity index (χ2v) is 6.06. The van der Waals surface area contributed by atoms with Crippen molar-refractivity contribution >= 4 is 15.9 Å². The number of hydrogen-bond acceptors (Lipinski definition) is 4. The Morgan fingerprint density at radius 3 is 2.74 bits per heavy atom. The van der Waals surface area contributed by atoms with Gasteiger partial charge in [-0.25, -0.2) is 12.8 Å². The molecule has 2 N–H and O–H groups in total. The quantitative estimate of drug-likeness (QED) is 0.883. The molecule has 1 aliphatic rings. The third kappa shape index (κ3) is 2.73. The van der Waals surface area contributed by atoms with Gasteiger partial charge in [-0.1, -0.05) is 6.08 Å². The van der Waals surface area contributed by atoms with Gasteiger partial charge in [-0.3, -0.25) is 4.79 Å². The highest BCUT2D eigenvalue weighted by Crippen LogP contribution is 2.29. The van der Waals surface area contributed by atoms with Crippen LogP contribution in [-0.2, 0) is 10.0 Å². The fourth-order valence-corrected chi connectivity index (χ4v) is 2.36. The molecule has 8 heteroatoms. The van der Waals surface area contributed by atoms with Gasteiger partial charge in [-0.05, 0) is 18.6 Å². The lowest BCUT2D eigenvalue weighted by Gasteiger charge is -2.12. The first-order valence-electron chi connectivity index (χ1n) is 5.43. The van der Waals surface area contributed by atoms with Gasteiger partial charge in [0.15, 0.2) is 5.69 Å². The minimum atomic E-state index is -3.60. The molecule has 0 saturated heterocycles. The van der Waals surface area contributed by atoms with E-state index >= 15 is 0 Å². The van der Waals surface area contributed by atoms with Crippen molar-refractivity contribution in [2.24, 2.45) is 5.73 Å². The molecule has 0 aliphatic heterocycles. The molecule has 1 aliphatic carbocycles. The lowest BCUT2D eigenvalue weighted by atomic mass is 9.92. The zero-order valence-electron chi connectivity index (χ0n) is 10.1. The molecule has 6 nitrogen and oxygen atoms in total. The van der Waals surface area contributed by atoms with Gasteiger partial charge in [-0.15, -0.1) is 0 Å². The number of halogens is 1. The topological polar surface area (TPSA) is 95.0 Å². The number of hydrogen-bond donors (Lipinski definition) is 1. The molecule has 1 unspecified atom stereocenters. The molecule has 0 bridgehead atoms. The number of aromatic nitrogens is 2. The van der Waals surface area contributed by atoms with Crippen molar-refractivity contribution in [1.82, 2.24) is 9.19 Å². The average Bonchev–Trinajstić information content (AvgIpc) is 2.74. The van der Waals surface area contributed by atoms with Crippen LogP contribution in [0.1, 0.15) is 28.4 Å². The first kappa shape index (κ1) is 13.5. The van der Waals surface area contributed by atoms with Gasteiger partial charge >= 0.3 is 0 Å². The molecular weight excluding hydrogens is 273 g/mol. The molecule has 0 spiro atoms. The summed E-state index contributed by atoms with van der Waals surface area (Å²) in [7, 11) is -3.60. The van der Waals surface area contributed by atoms with Crippen molar-refractivity contribution in [3.63, 3.8) is 0 Å². The van der Waals surface area contributed by atoms with Crippen LogP contribution in [0, 0.1) is 0 Å². The normalized spacial score (nSPS) is 19.3. The van der Waals surface area contributed by atoms with Crippen LogP contribution in [0.4, 0.5) is 4.39 Å². The van der Waals surface area contributed by atoms with Crippen LogP contribution in [0.2, 0.25) is 0 Å². The molecule has 1 aromatic heterocycles. The molecule has 1 amide bonds. The van der Waals surface area contributed by atoms with Gasteiger partial charge < -0.3 is 5.73 Å². The average molecular weight is 285 g/mol. The van der Waals surface area contributed by atoms with Gasteiger partial charge in [-0.2, -0.15) is 9.19 Å². The van der Waals surface area contributed by atoms with Crippen molar-refractivity contribution in [2.45, 2.75) is 12.3 Å². The number of nitrogens with zero attached hydrogens (tertiary/aromatic N) is 2. The summed E-state index contributed by atoms with van der Waals surface area (Å²) in [6.45, 7) is 0. The number of rotatable bonds is 3. The monoisotopic (exact) mass is 285 g/mol.